The number of halogens is 1. The smallest absolute Gasteiger partial charge is 0.133 e. The van der Waals surface area contributed by atoms with Crippen LogP contribution in [0.3, 0.4) is 0 Å². The Kier molecular flexibility index (Phi) is 3.82. The van der Waals surface area contributed by atoms with E-state index >= 15 is 0 Å². The molecule has 0 fully saturated rings. The summed E-state index contributed by atoms with van der Waals surface area (Å²) in [5.74, 6) is 1.63. The Hall–Kier alpha value is -1.32. The highest BCUT2D eigenvalue weighted by Gasteiger charge is 2.04. The minimum atomic E-state index is 0.467. The molecule has 2 aromatic carbocycles. The van der Waals surface area contributed by atoms with Crippen LogP contribution in [0.5, 0.6) is 11.5 Å². The highest BCUT2D eigenvalue weighted by Crippen LogP contribution is 2.28. The van der Waals surface area contributed by atoms with E-state index in [2.05, 4.69) is 15.9 Å². The van der Waals surface area contributed by atoms with Crippen molar-refractivity contribution in [3.05, 3.63) is 58.1 Å². The van der Waals surface area contributed by atoms with Crippen LogP contribution in [0.2, 0.25) is 0 Å². The molecule has 0 saturated carbocycles. The summed E-state index contributed by atoms with van der Waals surface area (Å²) in [4.78, 5) is 0. The Balaban J connectivity index is 2.32. The van der Waals surface area contributed by atoms with Gasteiger partial charge >= 0.3 is 0 Å². The molecule has 0 spiro atoms. The van der Waals surface area contributed by atoms with Crippen molar-refractivity contribution >= 4 is 15.9 Å². The number of hydrogen-bond donors (Lipinski definition) is 1. The zero-order chi connectivity index (χ0) is 12.3. The summed E-state index contributed by atoms with van der Waals surface area (Å²) in [6, 6.07) is 13.8. The first-order chi connectivity index (χ1) is 8.19. The highest BCUT2D eigenvalue weighted by atomic mass is 79.9. The molecule has 17 heavy (non-hydrogen) atoms. The molecule has 2 rings (SSSR count). The lowest BCUT2D eigenvalue weighted by molar-refractivity contribution is 0.475. The van der Waals surface area contributed by atoms with Crippen molar-refractivity contribution in [3.63, 3.8) is 0 Å². The zero-order valence-corrected chi connectivity index (χ0v) is 11.2. The molecule has 0 unspecified atom stereocenters. The van der Waals surface area contributed by atoms with Crippen molar-refractivity contribution in [1.82, 2.24) is 0 Å². The molecule has 88 valence electrons. The quantitative estimate of drug-likeness (QED) is 0.927. The SMILES string of the molecule is Cc1cccc(Oc2cc(Br)ccc2CN)c1. The molecule has 0 aromatic heterocycles. The van der Waals surface area contributed by atoms with Gasteiger partial charge in [0.25, 0.3) is 0 Å². The molecular formula is C14H14BrNO. The molecule has 0 aliphatic rings. The number of hydrogen-bond acceptors (Lipinski definition) is 2. The summed E-state index contributed by atoms with van der Waals surface area (Å²) in [5.41, 5.74) is 7.86. The van der Waals surface area contributed by atoms with Crippen LogP contribution in [0.25, 0.3) is 0 Å². The number of aryl methyl sites for hydroxylation is 1. The maximum atomic E-state index is 5.85. The lowest BCUT2D eigenvalue weighted by atomic mass is 10.2. The Morgan fingerprint density at radius 1 is 1.18 bits per heavy atom. The van der Waals surface area contributed by atoms with Gasteiger partial charge in [0.1, 0.15) is 11.5 Å². The van der Waals surface area contributed by atoms with Crippen molar-refractivity contribution < 1.29 is 4.74 Å². The summed E-state index contributed by atoms with van der Waals surface area (Å²) in [6.07, 6.45) is 0. The number of ether oxygens (including phenoxy) is 1. The summed E-state index contributed by atoms with van der Waals surface area (Å²) >= 11 is 3.43. The third-order valence-corrected chi connectivity index (χ3v) is 2.96. The summed E-state index contributed by atoms with van der Waals surface area (Å²) < 4.78 is 6.84. The van der Waals surface area contributed by atoms with Gasteiger partial charge in [0.2, 0.25) is 0 Å². The Labute approximate surface area is 110 Å². The van der Waals surface area contributed by atoms with E-state index in [1.54, 1.807) is 0 Å². The standard InChI is InChI=1S/C14H14BrNO/c1-10-3-2-4-13(7-10)17-14-8-12(15)6-5-11(14)9-16/h2-8H,9,16H2,1H3. The highest BCUT2D eigenvalue weighted by molar-refractivity contribution is 9.10. The van der Waals surface area contributed by atoms with Crippen LogP contribution in [-0.2, 0) is 6.54 Å². The lowest BCUT2D eigenvalue weighted by Gasteiger charge is -2.10. The van der Waals surface area contributed by atoms with Crippen LogP contribution in [0, 0.1) is 6.92 Å². The minimum absolute atomic E-state index is 0.467. The fourth-order valence-corrected chi connectivity index (χ4v) is 1.94. The van der Waals surface area contributed by atoms with Gasteiger partial charge in [-0.05, 0) is 36.8 Å². The van der Waals surface area contributed by atoms with E-state index in [-0.39, 0.29) is 0 Å². The normalized spacial score (nSPS) is 10.3. The van der Waals surface area contributed by atoms with E-state index in [9.17, 15) is 0 Å². The molecule has 0 amide bonds. The molecule has 2 aromatic rings. The molecule has 2 nitrogen and oxygen atoms in total. The predicted molar refractivity (Wildman–Crippen MR) is 73.3 cm³/mol. The zero-order valence-electron chi connectivity index (χ0n) is 9.61. The fourth-order valence-electron chi connectivity index (χ4n) is 1.60. The average molecular weight is 292 g/mol. The van der Waals surface area contributed by atoms with Crippen molar-refractivity contribution in [2.24, 2.45) is 5.73 Å². The summed E-state index contributed by atoms with van der Waals surface area (Å²) in [5, 5.41) is 0. The lowest BCUT2D eigenvalue weighted by Crippen LogP contribution is -1.99. The Bertz CT molecular complexity index is 525. The molecule has 0 aliphatic heterocycles. The second-order valence-corrected chi connectivity index (χ2v) is 4.79. The molecule has 0 bridgehead atoms. The van der Waals surface area contributed by atoms with Crippen LogP contribution >= 0.6 is 15.9 Å². The Morgan fingerprint density at radius 2 is 2.00 bits per heavy atom. The van der Waals surface area contributed by atoms with Gasteiger partial charge < -0.3 is 10.5 Å². The maximum absolute atomic E-state index is 5.85. The second kappa shape index (κ2) is 5.34. The predicted octanol–water partition coefficient (Wildman–Crippen LogP) is 4.01. The molecule has 0 radical (unpaired) electrons. The fraction of sp³-hybridized carbons (Fsp3) is 0.143. The van der Waals surface area contributed by atoms with Crippen molar-refractivity contribution in [2.45, 2.75) is 13.5 Å². The van der Waals surface area contributed by atoms with E-state index in [1.807, 2.05) is 49.4 Å². The maximum Gasteiger partial charge on any atom is 0.133 e. The largest absolute Gasteiger partial charge is 0.457 e. The second-order valence-electron chi connectivity index (χ2n) is 3.87. The van der Waals surface area contributed by atoms with Gasteiger partial charge in [-0.25, -0.2) is 0 Å². The molecule has 0 aliphatic carbocycles. The topological polar surface area (TPSA) is 35.2 Å². The Morgan fingerprint density at radius 3 is 2.71 bits per heavy atom. The van der Waals surface area contributed by atoms with Crippen LogP contribution in [0.15, 0.2) is 46.9 Å². The monoisotopic (exact) mass is 291 g/mol. The van der Waals surface area contributed by atoms with E-state index in [0.29, 0.717) is 6.54 Å². The van der Waals surface area contributed by atoms with Crippen molar-refractivity contribution in [2.75, 3.05) is 0 Å². The number of benzene rings is 2. The van der Waals surface area contributed by atoms with Gasteiger partial charge in [-0.1, -0.05) is 34.1 Å². The van der Waals surface area contributed by atoms with Gasteiger partial charge in [-0.15, -0.1) is 0 Å². The van der Waals surface area contributed by atoms with Crippen LogP contribution in [0.1, 0.15) is 11.1 Å². The first-order valence-corrected chi connectivity index (χ1v) is 6.21. The van der Waals surface area contributed by atoms with E-state index in [1.165, 1.54) is 5.56 Å². The number of rotatable bonds is 3. The molecule has 0 heterocycles. The molecular weight excluding hydrogens is 278 g/mol. The third kappa shape index (κ3) is 3.08. The third-order valence-electron chi connectivity index (χ3n) is 2.47. The molecule has 0 atom stereocenters. The molecule has 3 heteroatoms. The minimum Gasteiger partial charge on any atom is -0.457 e. The molecule has 2 N–H and O–H groups in total. The van der Waals surface area contributed by atoms with Gasteiger partial charge in [-0.2, -0.15) is 0 Å². The molecule has 0 saturated heterocycles. The van der Waals surface area contributed by atoms with Crippen molar-refractivity contribution in [1.29, 1.82) is 0 Å². The summed E-state index contributed by atoms with van der Waals surface area (Å²) in [7, 11) is 0. The van der Waals surface area contributed by atoms with E-state index < -0.39 is 0 Å². The van der Waals surface area contributed by atoms with Crippen LogP contribution in [-0.4, -0.2) is 0 Å². The first-order valence-electron chi connectivity index (χ1n) is 5.42. The first kappa shape index (κ1) is 12.1. The van der Waals surface area contributed by atoms with E-state index in [0.717, 1.165) is 21.5 Å². The van der Waals surface area contributed by atoms with Gasteiger partial charge in [-0.3, -0.25) is 0 Å². The van der Waals surface area contributed by atoms with Gasteiger partial charge in [0, 0.05) is 16.6 Å². The van der Waals surface area contributed by atoms with Crippen LogP contribution < -0.4 is 10.5 Å². The average Bonchev–Trinajstić information content (AvgIpc) is 2.29. The van der Waals surface area contributed by atoms with Crippen LogP contribution in [0.4, 0.5) is 0 Å². The van der Waals surface area contributed by atoms with Gasteiger partial charge in [0.15, 0.2) is 0 Å². The number of nitrogens with two attached hydrogens (primary N) is 1. The van der Waals surface area contributed by atoms with E-state index in [4.69, 9.17) is 10.5 Å². The van der Waals surface area contributed by atoms with Crippen molar-refractivity contribution in [3.8, 4) is 11.5 Å². The van der Waals surface area contributed by atoms with Gasteiger partial charge in [0.05, 0.1) is 0 Å². The summed E-state index contributed by atoms with van der Waals surface area (Å²) in [6.45, 7) is 2.51.